The minimum Gasteiger partial charge on any atom is -0.318 e. The number of rotatable bonds is 7. The normalized spacial score (nSPS) is 11.9. The van der Waals surface area contributed by atoms with Crippen molar-refractivity contribution in [2.24, 2.45) is 5.84 Å². The van der Waals surface area contributed by atoms with Gasteiger partial charge in [0.2, 0.25) is 10.0 Å². The van der Waals surface area contributed by atoms with Gasteiger partial charge in [-0.1, -0.05) is 19.9 Å². The monoisotopic (exact) mass is 316 g/mol. The highest BCUT2D eigenvalue weighted by molar-refractivity contribution is 7.89. The molecule has 1 rings (SSSR count). The second-order valence-electron chi connectivity index (χ2n) is 4.55. The maximum atomic E-state index is 12.6. The topological polar surface area (TPSA) is 119 Å². The second-order valence-corrected chi connectivity index (χ2v) is 6.51. The second kappa shape index (κ2) is 6.83. The molecule has 21 heavy (non-hydrogen) atoms. The lowest BCUT2D eigenvalue weighted by Gasteiger charge is -2.25. The lowest BCUT2D eigenvalue weighted by atomic mass is 10.2. The zero-order valence-corrected chi connectivity index (χ0v) is 13.1. The maximum absolute atomic E-state index is 12.6. The quantitative estimate of drug-likeness (QED) is 0.449. The number of nitrogens with one attached hydrogen (secondary N) is 1. The van der Waals surface area contributed by atoms with E-state index in [9.17, 15) is 18.5 Å². The van der Waals surface area contributed by atoms with Crippen LogP contribution in [0, 0.1) is 10.1 Å². The molecule has 9 heteroatoms. The maximum Gasteiger partial charge on any atom is 0.313 e. The molecule has 0 radical (unpaired) electrons. The lowest BCUT2D eigenvalue weighted by Crippen LogP contribution is -2.36. The lowest BCUT2D eigenvalue weighted by molar-refractivity contribution is -0.386. The van der Waals surface area contributed by atoms with Gasteiger partial charge < -0.3 is 5.43 Å². The van der Waals surface area contributed by atoms with Crippen LogP contribution in [-0.2, 0) is 10.0 Å². The molecular formula is C12H20N4O4S. The van der Waals surface area contributed by atoms with Gasteiger partial charge in [-0.3, -0.25) is 16.0 Å². The van der Waals surface area contributed by atoms with Crippen LogP contribution in [-0.4, -0.2) is 30.7 Å². The third kappa shape index (κ3) is 3.31. The van der Waals surface area contributed by atoms with Crippen LogP contribution in [0.15, 0.2) is 23.1 Å². The Bertz CT molecular complexity index is 614. The predicted octanol–water partition coefficient (Wildman–Crippen LogP) is 1.69. The first kappa shape index (κ1) is 17.3. The van der Waals surface area contributed by atoms with E-state index in [-0.39, 0.29) is 16.6 Å². The Hall–Kier alpha value is -1.71. The van der Waals surface area contributed by atoms with Crippen molar-refractivity contribution in [3.63, 3.8) is 0 Å². The van der Waals surface area contributed by atoms with Crippen molar-refractivity contribution in [2.75, 3.05) is 12.5 Å². The first-order chi connectivity index (χ1) is 9.81. The molecule has 0 aliphatic carbocycles. The van der Waals surface area contributed by atoms with E-state index in [2.05, 4.69) is 5.43 Å². The molecule has 0 unspecified atom stereocenters. The number of hydrogen-bond donors (Lipinski definition) is 2. The fourth-order valence-electron chi connectivity index (χ4n) is 2.19. The summed E-state index contributed by atoms with van der Waals surface area (Å²) in [6.07, 6.45) is 1.24. The fraction of sp³-hybridized carbons (Fsp3) is 0.500. The number of nitrogens with two attached hydrogens (primary N) is 1. The average molecular weight is 316 g/mol. The van der Waals surface area contributed by atoms with Crippen molar-refractivity contribution in [1.29, 1.82) is 0 Å². The van der Waals surface area contributed by atoms with E-state index in [1.165, 1.54) is 29.6 Å². The molecule has 1 aromatic carbocycles. The molecule has 0 atom stereocenters. The molecule has 0 fully saturated rings. The van der Waals surface area contributed by atoms with Gasteiger partial charge in [-0.25, -0.2) is 8.42 Å². The first-order valence-electron chi connectivity index (χ1n) is 6.53. The van der Waals surface area contributed by atoms with E-state index in [0.717, 1.165) is 0 Å². The molecule has 0 spiro atoms. The van der Waals surface area contributed by atoms with E-state index in [1.807, 2.05) is 13.8 Å². The molecule has 8 nitrogen and oxygen atoms in total. The summed E-state index contributed by atoms with van der Waals surface area (Å²) in [6.45, 7) is 3.74. The Labute approximate surface area is 124 Å². The van der Waals surface area contributed by atoms with E-state index >= 15 is 0 Å². The first-order valence-corrected chi connectivity index (χ1v) is 7.97. The van der Waals surface area contributed by atoms with Gasteiger partial charge in [-0.2, -0.15) is 4.31 Å². The summed E-state index contributed by atoms with van der Waals surface area (Å²) < 4.78 is 26.5. The predicted molar refractivity (Wildman–Crippen MR) is 80.2 cm³/mol. The standard InChI is InChI=1S/C12H20N4O4S/c1-4-9(5-2)15(3)21(19,20)11-8-6-7-10(14-13)12(11)16(17)18/h6-9,14H,4-5,13H2,1-3H3. The molecule has 0 aliphatic rings. The van der Waals surface area contributed by atoms with Gasteiger partial charge in [0.15, 0.2) is 4.90 Å². The summed E-state index contributed by atoms with van der Waals surface area (Å²) in [5.41, 5.74) is 1.57. The van der Waals surface area contributed by atoms with E-state index in [0.29, 0.717) is 12.8 Å². The summed E-state index contributed by atoms with van der Waals surface area (Å²) in [5.74, 6) is 5.23. The van der Waals surface area contributed by atoms with Crippen LogP contribution in [0.3, 0.4) is 0 Å². The summed E-state index contributed by atoms with van der Waals surface area (Å²) in [4.78, 5) is 10.1. The van der Waals surface area contributed by atoms with Crippen molar-refractivity contribution in [3.05, 3.63) is 28.3 Å². The summed E-state index contributed by atoms with van der Waals surface area (Å²) >= 11 is 0. The minimum atomic E-state index is -3.97. The average Bonchev–Trinajstić information content (AvgIpc) is 2.47. The van der Waals surface area contributed by atoms with E-state index < -0.39 is 20.6 Å². The number of sulfonamides is 1. The molecule has 0 bridgehead atoms. The Balaban J connectivity index is 3.48. The highest BCUT2D eigenvalue weighted by Crippen LogP contribution is 2.33. The van der Waals surface area contributed by atoms with Crippen LogP contribution in [0.5, 0.6) is 0 Å². The molecule has 0 aliphatic heterocycles. The van der Waals surface area contributed by atoms with Gasteiger partial charge in [-0.15, -0.1) is 0 Å². The number of hydrogen-bond acceptors (Lipinski definition) is 6. The smallest absolute Gasteiger partial charge is 0.313 e. The van der Waals surface area contributed by atoms with Gasteiger partial charge in [0.1, 0.15) is 5.69 Å². The van der Waals surface area contributed by atoms with Crippen LogP contribution in [0.25, 0.3) is 0 Å². The molecule has 1 aromatic rings. The fourth-order valence-corrected chi connectivity index (χ4v) is 3.87. The third-order valence-electron chi connectivity index (χ3n) is 3.45. The molecular weight excluding hydrogens is 296 g/mol. The summed E-state index contributed by atoms with van der Waals surface area (Å²) in [5, 5.41) is 11.2. The SMILES string of the molecule is CCC(CC)N(C)S(=O)(=O)c1cccc(NN)c1[N+](=O)[O-]. The molecule has 3 N–H and O–H groups in total. The minimum absolute atomic E-state index is 0.0426. The van der Waals surface area contributed by atoms with Crippen molar-refractivity contribution in [2.45, 2.75) is 37.6 Å². The van der Waals surface area contributed by atoms with Crippen LogP contribution >= 0.6 is 0 Å². The van der Waals surface area contributed by atoms with Gasteiger partial charge in [0.05, 0.1) is 4.92 Å². The third-order valence-corrected chi connectivity index (χ3v) is 5.39. The Kier molecular flexibility index (Phi) is 5.64. The number of para-hydroxylation sites is 1. The highest BCUT2D eigenvalue weighted by Gasteiger charge is 2.34. The number of anilines is 1. The number of nitro groups is 1. The van der Waals surface area contributed by atoms with Crippen LogP contribution < -0.4 is 11.3 Å². The molecule has 0 aromatic heterocycles. The molecule has 0 saturated carbocycles. The molecule has 0 heterocycles. The molecule has 0 amide bonds. The summed E-state index contributed by atoms with van der Waals surface area (Å²) in [6, 6.07) is 3.76. The number of nitro benzene ring substituents is 1. The highest BCUT2D eigenvalue weighted by atomic mass is 32.2. The van der Waals surface area contributed by atoms with Crippen molar-refractivity contribution in [1.82, 2.24) is 4.31 Å². The van der Waals surface area contributed by atoms with E-state index in [1.54, 1.807) is 0 Å². The zero-order valence-electron chi connectivity index (χ0n) is 12.2. The Morgan fingerprint density at radius 3 is 2.38 bits per heavy atom. The van der Waals surface area contributed by atoms with E-state index in [4.69, 9.17) is 5.84 Å². The Morgan fingerprint density at radius 1 is 1.38 bits per heavy atom. The van der Waals surface area contributed by atoms with Crippen LogP contribution in [0.1, 0.15) is 26.7 Å². The number of nitrogens with zero attached hydrogens (tertiary/aromatic N) is 2. The van der Waals surface area contributed by atoms with Gasteiger partial charge >= 0.3 is 5.69 Å². The van der Waals surface area contributed by atoms with Crippen molar-refractivity contribution >= 4 is 21.4 Å². The van der Waals surface area contributed by atoms with Crippen LogP contribution in [0.4, 0.5) is 11.4 Å². The Morgan fingerprint density at radius 2 is 1.95 bits per heavy atom. The largest absolute Gasteiger partial charge is 0.318 e. The number of benzene rings is 1. The number of hydrazine groups is 1. The molecule has 118 valence electrons. The molecule has 0 saturated heterocycles. The van der Waals surface area contributed by atoms with Crippen molar-refractivity contribution < 1.29 is 13.3 Å². The zero-order chi connectivity index (χ0) is 16.2. The van der Waals surface area contributed by atoms with Crippen LogP contribution in [0.2, 0.25) is 0 Å². The van der Waals surface area contributed by atoms with Gasteiger partial charge in [0, 0.05) is 13.1 Å². The van der Waals surface area contributed by atoms with Gasteiger partial charge in [-0.05, 0) is 25.0 Å². The van der Waals surface area contributed by atoms with Crippen molar-refractivity contribution in [3.8, 4) is 0 Å². The number of nitrogen functional groups attached to an aromatic ring is 1. The summed E-state index contributed by atoms with van der Waals surface area (Å²) in [7, 11) is -2.54. The van der Waals surface area contributed by atoms with Gasteiger partial charge in [0.25, 0.3) is 0 Å².